The van der Waals surface area contributed by atoms with Crippen LogP contribution in [0.15, 0.2) is 24.3 Å². The van der Waals surface area contributed by atoms with Crippen molar-refractivity contribution in [2.45, 2.75) is 19.9 Å². The fourth-order valence-electron chi connectivity index (χ4n) is 1.40. The van der Waals surface area contributed by atoms with Crippen molar-refractivity contribution in [1.29, 1.82) is 0 Å². The summed E-state index contributed by atoms with van der Waals surface area (Å²) in [4.78, 5) is 11.6. The van der Waals surface area contributed by atoms with Crippen molar-refractivity contribution in [1.82, 2.24) is 5.32 Å². The molecule has 0 atom stereocenters. The Bertz CT molecular complexity index is 352. The van der Waals surface area contributed by atoms with Crippen molar-refractivity contribution in [3.8, 4) is 0 Å². The number of carbonyl (C=O) groups is 1. The molecule has 0 saturated heterocycles. The number of carbonyl (C=O) groups excluding carboxylic acids is 1. The third-order valence-electron chi connectivity index (χ3n) is 2.22. The second kappa shape index (κ2) is 7.81. The summed E-state index contributed by atoms with van der Waals surface area (Å²) >= 11 is 0. The largest absolute Gasteiger partial charge is 0.462 e. The summed E-state index contributed by atoms with van der Waals surface area (Å²) in [5, 5.41) is 11.7. The minimum absolute atomic E-state index is 0.109. The lowest BCUT2D eigenvalue weighted by Gasteiger charge is -2.06. The predicted octanol–water partition coefficient (Wildman–Crippen LogP) is 1.34. The Morgan fingerprint density at radius 3 is 3.00 bits per heavy atom. The van der Waals surface area contributed by atoms with Crippen LogP contribution in [0.4, 0.5) is 0 Å². The number of rotatable bonds is 7. The molecule has 0 unspecified atom stereocenters. The fourth-order valence-corrected chi connectivity index (χ4v) is 1.40. The van der Waals surface area contributed by atoms with Gasteiger partial charge < -0.3 is 15.2 Å². The van der Waals surface area contributed by atoms with E-state index in [1.165, 1.54) is 0 Å². The van der Waals surface area contributed by atoms with Crippen LogP contribution in [-0.4, -0.2) is 30.8 Å². The number of ether oxygens (including phenoxy) is 1. The van der Waals surface area contributed by atoms with E-state index in [2.05, 4.69) is 5.32 Å². The molecule has 1 rings (SSSR count). The van der Waals surface area contributed by atoms with Gasteiger partial charge in [0.25, 0.3) is 0 Å². The Morgan fingerprint density at radius 1 is 1.47 bits per heavy atom. The van der Waals surface area contributed by atoms with Gasteiger partial charge in [0.05, 0.1) is 18.8 Å². The number of hydrogen-bond donors (Lipinski definition) is 2. The SMILES string of the molecule is CCCOC(=O)c1cccc(CNCCO)c1. The molecule has 0 aliphatic carbocycles. The van der Waals surface area contributed by atoms with Gasteiger partial charge in [0, 0.05) is 13.1 Å². The smallest absolute Gasteiger partial charge is 0.338 e. The van der Waals surface area contributed by atoms with Crippen molar-refractivity contribution >= 4 is 5.97 Å². The first-order valence-corrected chi connectivity index (χ1v) is 5.85. The van der Waals surface area contributed by atoms with E-state index in [4.69, 9.17) is 9.84 Å². The quantitative estimate of drug-likeness (QED) is 0.555. The fraction of sp³-hybridized carbons (Fsp3) is 0.462. The lowest BCUT2D eigenvalue weighted by atomic mass is 10.1. The maximum atomic E-state index is 11.6. The van der Waals surface area contributed by atoms with Crippen LogP contribution in [-0.2, 0) is 11.3 Å². The first-order valence-electron chi connectivity index (χ1n) is 5.85. The second-order valence-electron chi connectivity index (χ2n) is 3.74. The first kappa shape index (κ1) is 13.7. The number of esters is 1. The number of benzene rings is 1. The van der Waals surface area contributed by atoms with Gasteiger partial charge in [-0.25, -0.2) is 4.79 Å². The molecule has 0 aliphatic heterocycles. The zero-order valence-electron chi connectivity index (χ0n) is 10.1. The van der Waals surface area contributed by atoms with E-state index < -0.39 is 0 Å². The van der Waals surface area contributed by atoms with E-state index >= 15 is 0 Å². The molecule has 0 aliphatic rings. The Morgan fingerprint density at radius 2 is 2.29 bits per heavy atom. The molecule has 0 bridgehead atoms. The summed E-state index contributed by atoms with van der Waals surface area (Å²) in [6, 6.07) is 7.31. The van der Waals surface area contributed by atoms with Crippen molar-refractivity contribution in [3.63, 3.8) is 0 Å². The molecule has 0 radical (unpaired) electrons. The highest BCUT2D eigenvalue weighted by molar-refractivity contribution is 5.89. The topological polar surface area (TPSA) is 58.6 Å². The van der Waals surface area contributed by atoms with E-state index in [-0.39, 0.29) is 12.6 Å². The molecule has 0 aromatic heterocycles. The average Bonchev–Trinajstić information content (AvgIpc) is 2.36. The number of hydrogen-bond acceptors (Lipinski definition) is 4. The van der Waals surface area contributed by atoms with E-state index in [1.54, 1.807) is 6.07 Å². The summed E-state index contributed by atoms with van der Waals surface area (Å²) in [5.74, 6) is -0.282. The molecule has 0 spiro atoms. The summed E-state index contributed by atoms with van der Waals surface area (Å²) in [7, 11) is 0. The minimum atomic E-state index is -0.282. The van der Waals surface area contributed by atoms with Crippen molar-refractivity contribution in [2.24, 2.45) is 0 Å². The number of nitrogens with one attached hydrogen (secondary N) is 1. The van der Waals surface area contributed by atoms with Gasteiger partial charge >= 0.3 is 5.97 Å². The second-order valence-corrected chi connectivity index (χ2v) is 3.74. The summed E-state index contributed by atoms with van der Waals surface area (Å²) in [5.41, 5.74) is 1.58. The molecular formula is C13H19NO3. The van der Waals surface area contributed by atoms with Crippen LogP contribution in [0.2, 0.25) is 0 Å². The summed E-state index contributed by atoms with van der Waals surface area (Å²) in [6.45, 7) is 3.70. The van der Waals surface area contributed by atoms with Gasteiger partial charge in [-0.05, 0) is 24.1 Å². The molecule has 1 aromatic carbocycles. The molecule has 17 heavy (non-hydrogen) atoms. The lowest BCUT2D eigenvalue weighted by Crippen LogP contribution is -2.17. The monoisotopic (exact) mass is 237 g/mol. The Kier molecular flexibility index (Phi) is 6.29. The summed E-state index contributed by atoms with van der Waals surface area (Å²) < 4.78 is 5.06. The molecule has 1 aromatic rings. The van der Waals surface area contributed by atoms with Crippen LogP contribution in [0.1, 0.15) is 29.3 Å². The van der Waals surface area contributed by atoms with E-state index in [0.29, 0.717) is 25.3 Å². The molecular weight excluding hydrogens is 218 g/mol. The standard InChI is InChI=1S/C13H19NO3/c1-2-8-17-13(16)12-5-3-4-11(9-12)10-14-6-7-15/h3-5,9,14-15H,2,6-8,10H2,1H3. The molecule has 0 amide bonds. The lowest BCUT2D eigenvalue weighted by molar-refractivity contribution is 0.0505. The molecule has 0 fully saturated rings. The van der Waals surface area contributed by atoms with Crippen LogP contribution in [0.25, 0.3) is 0 Å². The minimum Gasteiger partial charge on any atom is -0.462 e. The zero-order valence-corrected chi connectivity index (χ0v) is 10.1. The maximum Gasteiger partial charge on any atom is 0.338 e. The number of aliphatic hydroxyl groups excluding tert-OH is 1. The van der Waals surface area contributed by atoms with Gasteiger partial charge in [0.15, 0.2) is 0 Å². The van der Waals surface area contributed by atoms with Crippen molar-refractivity contribution in [2.75, 3.05) is 19.8 Å². The average molecular weight is 237 g/mol. The van der Waals surface area contributed by atoms with Crippen LogP contribution in [0.3, 0.4) is 0 Å². The summed E-state index contributed by atoms with van der Waals surface area (Å²) in [6.07, 6.45) is 0.823. The van der Waals surface area contributed by atoms with Gasteiger partial charge in [-0.1, -0.05) is 19.1 Å². The maximum absolute atomic E-state index is 11.6. The molecule has 4 nitrogen and oxygen atoms in total. The highest BCUT2D eigenvalue weighted by atomic mass is 16.5. The van der Waals surface area contributed by atoms with E-state index in [0.717, 1.165) is 12.0 Å². The van der Waals surface area contributed by atoms with Crippen LogP contribution in [0, 0.1) is 0 Å². The van der Waals surface area contributed by atoms with E-state index in [9.17, 15) is 4.79 Å². The zero-order chi connectivity index (χ0) is 12.5. The van der Waals surface area contributed by atoms with Gasteiger partial charge in [-0.3, -0.25) is 0 Å². The number of aliphatic hydroxyl groups is 1. The van der Waals surface area contributed by atoms with Crippen molar-refractivity contribution < 1.29 is 14.6 Å². The molecule has 2 N–H and O–H groups in total. The Hall–Kier alpha value is -1.39. The third-order valence-corrected chi connectivity index (χ3v) is 2.22. The van der Waals surface area contributed by atoms with Crippen LogP contribution >= 0.6 is 0 Å². The third kappa shape index (κ3) is 4.97. The first-order chi connectivity index (χ1) is 8.27. The van der Waals surface area contributed by atoms with Gasteiger partial charge in [-0.2, -0.15) is 0 Å². The molecule has 0 saturated carbocycles. The predicted molar refractivity (Wildman–Crippen MR) is 65.8 cm³/mol. The molecule has 4 heteroatoms. The Labute approximate surface area is 102 Å². The van der Waals surface area contributed by atoms with Gasteiger partial charge in [0.1, 0.15) is 0 Å². The van der Waals surface area contributed by atoms with Gasteiger partial charge in [-0.15, -0.1) is 0 Å². The Balaban J connectivity index is 2.55. The van der Waals surface area contributed by atoms with Gasteiger partial charge in [0.2, 0.25) is 0 Å². The highest BCUT2D eigenvalue weighted by Crippen LogP contribution is 2.07. The normalized spacial score (nSPS) is 10.2. The molecule has 94 valence electrons. The van der Waals surface area contributed by atoms with Crippen LogP contribution in [0.5, 0.6) is 0 Å². The van der Waals surface area contributed by atoms with Crippen molar-refractivity contribution in [3.05, 3.63) is 35.4 Å². The highest BCUT2D eigenvalue weighted by Gasteiger charge is 2.06. The van der Waals surface area contributed by atoms with Crippen LogP contribution < -0.4 is 5.32 Å². The molecule has 0 heterocycles. The van der Waals surface area contributed by atoms with E-state index in [1.807, 2.05) is 25.1 Å².